The van der Waals surface area contributed by atoms with Crippen molar-refractivity contribution in [3.8, 4) is 0 Å². The van der Waals surface area contributed by atoms with Gasteiger partial charge in [-0.1, -0.05) is 0 Å². The molecule has 1 aromatic rings. The average molecular weight is 299 g/mol. The van der Waals surface area contributed by atoms with Gasteiger partial charge in [0.1, 0.15) is 24.4 Å². The number of carboxylic acids is 1. The molecule has 116 valence electrons. The molecule has 0 saturated carbocycles. The molecule has 1 aliphatic rings. The molecule has 6 N–H and O–H groups in total. The first kappa shape index (κ1) is 15.7. The number of aliphatic hydroxyl groups is 4. The average Bonchev–Trinajstić information content (AvgIpc) is 2.48. The Balaban J connectivity index is 2.08. The third-order valence-electron chi connectivity index (χ3n) is 3.33. The number of rotatable bonds is 4. The standard InChI is InChI=1S/C13H17NO7/c15-5-8-9(16)10(17)11(18)12(21-8)14-7-3-1-6(2-4-7)13(19)20/h1-4,8-12,14-18H,5H2,(H,19,20)/t8-,9+,10+,11-,12+/m0/s1. The first-order chi connectivity index (χ1) is 9.93. The van der Waals surface area contributed by atoms with Gasteiger partial charge in [0.25, 0.3) is 0 Å². The number of carboxylic acid groups (broad SMARTS) is 1. The van der Waals surface area contributed by atoms with Crippen LogP contribution in [0, 0.1) is 0 Å². The SMILES string of the molecule is O=C(O)c1ccc(N[C@@H]2O[C@@H](CO)[C@@H](O)[C@@H](O)[C@@H]2O)cc1. The minimum Gasteiger partial charge on any atom is -0.478 e. The van der Waals surface area contributed by atoms with E-state index < -0.39 is 43.2 Å². The lowest BCUT2D eigenvalue weighted by Crippen LogP contribution is -2.60. The zero-order chi connectivity index (χ0) is 15.6. The molecule has 0 unspecified atom stereocenters. The number of aromatic carboxylic acids is 1. The molecule has 0 spiro atoms. The van der Waals surface area contributed by atoms with E-state index in [4.69, 9.17) is 14.9 Å². The third-order valence-corrected chi connectivity index (χ3v) is 3.33. The fourth-order valence-electron chi connectivity index (χ4n) is 2.09. The van der Waals surface area contributed by atoms with Crippen LogP contribution in [0.3, 0.4) is 0 Å². The number of nitrogens with one attached hydrogen (secondary N) is 1. The smallest absolute Gasteiger partial charge is 0.335 e. The zero-order valence-corrected chi connectivity index (χ0v) is 11.0. The van der Waals surface area contributed by atoms with Crippen LogP contribution in [0.15, 0.2) is 24.3 Å². The molecule has 1 heterocycles. The van der Waals surface area contributed by atoms with Gasteiger partial charge in [-0.25, -0.2) is 4.79 Å². The number of aliphatic hydroxyl groups excluding tert-OH is 4. The lowest BCUT2D eigenvalue weighted by Gasteiger charge is -2.40. The minimum atomic E-state index is -1.47. The van der Waals surface area contributed by atoms with Crippen molar-refractivity contribution in [3.63, 3.8) is 0 Å². The number of anilines is 1. The van der Waals surface area contributed by atoms with Crippen molar-refractivity contribution < 1.29 is 35.1 Å². The van der Waals surface area contributed by atoms with E-state index in [9.17, 15) is 20.1 Å². The molecule has 8 nitrogen and oxygen atoms in total. The molecule has 0 aromatic heterocycles. The molecule has 1 aromatic carbocycles. The van der Waals surface area contributed by atoms with Gasteiger partial charge in [-0.05, 0) is 24.3 Å². The van der Waals surface area contributed by atoms with Crippen molar-refractivity contribution in [2.45, 2.75) is 30.6 Å². The van der Waals surface area contributed by atoms with E-state index in [-0.39, 0.29) is 5.56 Å². The quantitative estimate of drug-likeness (QED) is 0.399. The van der Waals surface area contributed by atoms with E-state index in [0.717, 1.165) is 0 Å². The topological polar surface area (TPSA) is 139 Å². The second-order valence-corrected chi connectivity index (χ2v) is 4.78. The number of benzene rings is 1. The summed E-state index contributed by atoms with van der Waals surface area (Å²) in [6.07, 6.45) is -6.33. The van der Waals surface area contributed by atoms with Gasteiger partial charge in [-0.3, -0.25) is 0 Å². The van der Waals surface area contributed by atoms with E-state index in [2.05, 4.69) is 5.32 Å². The van der Waals surface area contributed by atoms with Crippen molar-refractivity contribution in [1.29, 1.82) is 0 Å². The number of hydrogen-bond acceptors (Lipinski definition) is 7. The molecule has 1 saturated heterocycles. The van der Waals surface area contributed by atoms with E-state index in [1.165, 1.54) is 24.3 Å². The minimum absolute atomic E-state index is 0.106. The summed E-state index contributed by atoms with van der Waals surface area (Å²) in [7, 11) is 0. The summed E-state index contributed by atoms with van der Waals surface area (Å²) in [5.74, 6) is -1.06. The maximum atomic E-state index is 10.7. The summed E-state index contributed by atoms with van der Waals surface area (Å²) in [5, 5.41) is 49.8. The molecule has 0 bridgehead atoms. The summed E-state index contributed by atoms with van der Waals surface area (Å²) < 4.78 is 5.27. The molecule has 0 aliphatic carbocycles. The molecule has 2 rings (SSSR count). The van der Waals surface area contributed by atoms with Gasteiger partial charge in [0, 0.05) is 5.69 Å². The third kappa shape index (κ3) is 3.31. The van der Waals surface area contributed by atoms with Crippen LogP contribution in [-0.2, 0) is 4.74 Å². The van der Waals surface area contributed by atoms with Gasteiger partial charge in [0.05, 0.1) is 12.2 Å². The second-order valence-electron chi connectivity index (χ2n) is 4.78. The Labute approximate surface area is 120 Å². The van der Waals surface area contributed by atoms with E-state index in [1.807, 2.05) is 0 Å². The highest BCUT2D eigenvalue weighted by molar-refractivity contribution is 5.87. The van der Waals surface area contributed by atoms with Crippen molar-refractivity contribution in [2.75, 3.05) is 11.9 Å². The normalized spacial score (nSPS) is 32.7. The molecule has 21 heavy (non-hydrogen) atoms. The predicted octanol–water partition coefficient (Wildman–Crippen LogP) is -1.40. The van der Waals surface area contributed by atoms with Gasteiger partial charge >= 0.3 is 5.97 Å². The molecular weight excluding hydrogens is 282 g/mol. The number of hydrogen-bond donors (Lipinski definition) is 6. The van der Waals surface area contributed by atoms with Crippen molar-refractivity contribution in [2.24, 2.45) is 0 Å². The molecule has 5 atom stereocenters. The molecule has 1 aliphatic heterocycles. The summed E-state index contributed by atoms with van der Waals surface area (Å²) in [6, 6.07) is 5.69. The monoisotopic (exact) mass is 299 g/mol. The fourth-order valence-corrected chi connectivity index (χ4v) is 2.09. The zero-order valence-electron chi connectivity index (χ0n) is 11.0. The van der Waals surface area contributed by atoms with Gasteiger partial charge in [0.2, 0.25) is 0 Å². The Morgan fingerprint density at radius 3 is 2.24 bits per heavy atom. The predicted molar refractivity (Wildman–Crippen MR) is 70.8 cm³/mol. The Hall–Kier alpha value is -1.71. The van der Waals surface area contributed by atoms with Gasteiger partial charge in [-0.2, -0.15) is 0 Å². The molecule has 0 radical (unpaired) electrons. The van der Waals surface area contributed by atoms with Crippen LogP contribution >= 0.6 is 0 Å². The van der Waals surface area contributed by atoms with Crippen molar-refractivity contribution in [3.05, 3.63) is 29.8 Å². The summed E-state index contributed by atoms with van der Waals surface area (Å²) in [6.45, 7) is -0.513. The highest BCUT2D eigenvalue weighted by Crippen LogP contribution is 2.23. The summed E-state index contributed by atoms with van der Waals surface area (Å²) >= 11 is 0. The highest BCUT2D eigenvalue weighted by Gasteiger charge is 2.43. The Morgan fingerprint density at radius 1 is 1.10 bits per heavy atom. The maximum Gasteiger partial charge on any atom is 0.335 e. The van der Waals surface area contributed by atoms with Crippen LogP contribution in [0.5, 0.6) is 0 Å². The van der Waals surface area contributed by atoms with Crippen molar-refractivity contribution >= 4 is 11.7 Å². The maximum absolute atomic E-state index is 10.7. The summed E-state index contributed by atoms with van der Waals surface area (Å²) in [5.41, 5.74) is 0.568. The van der Waals surface area contributed by atoms with E-state index >= 15 is 0 Å². The molecule has 1 fully saturated rings. The van der Waals surface area contributed by atoms with Crippen LogP contribution in [0.4, 0.5) is 5.69 Å². The Morgan fingerprint density at radius 2 is 1.71 bits per heavy atom. The van der Waals surface area contributed by atoms with E-state index in [1.54, 1.807) is 0 Å². The Kier molecular flexibility index (Phi) is 4.76. The van der Waals surface area contributed by atoms with Crippen LogP contribution in [0.1, 0.15) is 10.4 Å². The van der Waals surface area contributed by atoms with Gasteiger partial charge < -0.3 is 35.6 Å². The number of carbonyl (C=O) groups is 1. The summed E-state index contributed by atoms with van der Waals surface area (Å²) in [4.78, 5) is 10.7. The largest absolute Gasteiger partial charge is 0.478 e. The van der Waals surface area contributed by atoms with Crippen LogP contribution < -0.4 is 5.32 Å². The van der Waals surface area contributed by atoms with E-state index in [0.29, 0.717) is 5.69 Å². The lowest BCUT2D eigenvalue weighted by molar-refractivity contribution is -0.221. The van der Waals surface area contributed by atoms with Crippen molar-refractivity contribution in [1.82, 2.24) is 0 Å². The second kappa shape index (κ2) is 6.37. The lowest BCUT2D eigenvalue weighted by atomic mass is 9.98. The molecule has 0 amide bonds. The van der Waals surface area contributed by atoms with Crippen LogP contribution in [0.25, 0.3) is 0 Å². The fraction of sp³-hybridized carbons (Fsp3) is 0.462. The first-order valence-electron chi connectivity index (χ1n) is 6.34. The molecule has 8 heteroatoms. The molecular formula is C13H17NO7. The highest BCUT2D eigenvalue weighted by atomic mass is 16.6. The first-order valence-corrected chi connectivity index (χ1v) is 6.34. The van der Waals surface area contributed by atoms with Gasteiger partial charge in [0.15, 0.2) is 6.23 Å². The Bertz CT molecular complexity index is 490. The number of ether oxygens (including phenoxy) is 1. The van der Waals surface area contributed by atoms with Crippen LogP contribution in [0.2, 0.25) is 0 Å². The van der Waals surface area contributed by atoms with Crippen LogP contribution in [-0.4, -0.2) is 68.8 Å². The van der Waals surface area contributed by atoms with Gasteiger partial charge in [-0.15, -0.1) is 0 Å².